The standard InChI is InChI=1S/C28H36BrN3O6S/c1-20(28(34)30-23-6-3-4-7-23)31(19-21-9-11-22(29)12-10-21)27(33)8-5-15-32(39(2,35)36)24-13-14-25-26(18-24)38-17-16-37-25/h9-14,18,20,23H,3-8,15-17,19H2,1-2H3,(H,30,34)/t20-/m0/s1. The molecule has 1 heterocycles. The maximum absolute atomic E-state index is 13.5. The second-order valence-corrected chi connectivity index (χ2v) is 12.9. The Hall–Kier alpha value is -2.79. The lowest BCUT2D eigenvalue weighted by Gasteiger charge is -2.30. The average Bonchev–Trinajstić information content (AvgIpc) is 3.42. The highest BCUT2D eigenvalue weighted by molar-refractivity contribution is 9.10. The fraction of sp³-hybridized carbons (Fsp3) is 0.500. The van der Waals surface area contributed by atoms with E-state index in [1.807, 2.05) is 24.3 Å². The SMILES string of the molecule is C[C@@H](C(=O)NC1CCCC1)N(Cc1ccc(Br)cc1)C(=O)CCCN(c1ccc2c(c1)OCCO2)S(C)(=O)=O. The Kier molecular flexibility index (Phi) is 9.76. The number of anilines is 1. The first kappa shape index (κ1) is 29.2. The van der Waals surface area contributed by atoms with Gasteiger partial charge < -0.3 is 19.7 Å². The van der Waals surface area contributed by atoms with Crippen molar-refractivity contribution in [3.63, 3.8) is 0 Å². The summed E-state index contributed by atoms with van der Waals surface area (Å²) in [6.07, 6.45) is 5.63. The third-order valence-corrected chi connectivity index (χ3v) is 8.82. The molecule has 11 heteroatoms. The molecule has 2 aromatic carbocycles. The van der Waals surface area contributed by atoms with Crippen molar-refractivity contribution < 1.29 is 27.5 Å². The highest BCUT2D eigenvalue weighted by Gasteiger charge is 2.29. The second-order valence-electron chi connectivity index (χ2n) is 10.1. The number of ether oxygens (including phenoxy) is 2. The third kappa shape index (κ3) is 7.88. The molecule has 9 nitrogen and oxygen atoms in total. The fourth-order valence-corrected chi connectivity index (χ4v) is 6.17. The number of carbonyl (C=O) groups is 2. The van der Waals surface area contributed by atoms with E-state index in [1.165, 1.54) is 4.31 Å². The topological polar surface area (TPSA) is 105 Å². The Balaban J connectivity index is 1.45. The molecule has 1 saturated carbocycles. The molecule has 2 amide bonds. The van der Waals surface area contributed by atoms with Crippen LogP contribution in [0.15, 0.2) is 46.9 Å². The lowest BCUT2D eigenvalue weighted by Crippen LogP contribution is -2.49. The molecule has 4 rings (SSSR count). The number of nitrogens with zero attached hydrogens (tertiary/aromatic N) is 2. The molecule has 0 aromatic heterocycles. The van der Waals surface area contributed by atoms with Gasteiger partial charge in [0.05, 0.1) is 11.9 Å². The van der Waals surface area contributed by atoms with Crippen molar-refractivity contribution in [2.45, 2.75) is 64.1 Å². The van der Waals surface area contributed by atoms with Gasteiger partial charge in [-0.05, 0) is 56.0 Å². The van der Waals surface area contributed by atoms with Crippen molar-refractivity contribution in [3.05, 3.63) is 52.5 Å². The van der Waals surface area contributed by atoms with Crippen molar-refractivity contribution in [2.24, 2.45) is 0 Å². The van der Waals surface area contributed by atoms with Gasteiger partial charge in [0, 0.05) is 36.1 Å². The van der Waals surface area contributed by atoms with Crippen molar-refractivity contribution in [3.8, 4) is 11.5 Å². The first-order valence-electron chi connectivity index (χ1n) is 13.3. The molecule has 1 N–H and O–H groups in total. The number of hydrogen-bond donors (Lipinski definition) is 1. The quantitative estimate of drug-likeness (QED) is 0.402. The molecule has 212 valence electrons. The monoisotopic (exact) mass is 621 g/mol. The van der Waals surface area contributed by atoms with Gasteiger partial charge in [0.25, 0.3) is 0 Å². The molecule has 1 atom stereocenters. The number of amides is 2. The molecule has 1 fully saturated rings. The minimum atomic E-state index is -3.62. The highest BCUT2D eigenvalue weighted by atomic mass is 79.9. The highest BCUT2D eigenvalue weighted by Crippen LogP contribution is 2.34. The van der Waals surface area contributed by atoms with Gasteiger partial charge in [0.1, 0.15) is 19.3 Å². The van der Waals surface area contributed by atoms with E-state index < -0.39 is 16.1 Å². The Morgan fingerprint density at radius 1 is 1.05 bits per heavy atom. The van der Waals surface area contributed by atoms with Crippen LogP contribution in [0.4, 0.5) is 5.69 Å². The molecule has 0 spiro atoms. The van der Waals surface area contributed by atoms with E-state index in [1.54, 1.807) is 30.0 Å². The van der Waals surface area contributed by atoms with Gasteiger partial charge in [0.2, 0.25) is 21.8 Å². The molecule has 2 aliphatic rings. The molecular weight excluding hydrogens is 586 g/mol. The van der Waals surface area contributed by atoms with Crippen LogP contribution in [0.2, 0.25) is 0 Å². The van der Waals surface area contributed by atoms with E-state index in [2.05, 4.69) is 21.2 Å². The van der Waals surface area contributed by atoms with Gasteiger partial charge in [-0.3, -0.25) is 13.9 Å². The summed E-state index contributed by atoms with van der Waals surface area (Å²) in [5.41, 5.74) is 1.35. The van der Waals surface area contributed by atoms with E-state index in [9.17, 15) is 18.0 Å². The van der Waals surface area contributed by atoms with Gasteiger partial charge in [-0.25, -0.2) is 8.42 Å². The van der Waals surface area contributed by atoms with Crippen molar-refractivity contribution in [1.82, 2.24) is 10.2 Å². The van der Waals surface area contributed by atoms with Crippen LogP contribution in [0, 0.1) is 0 Å². The molecule has 0 saturated heterocycles. The summed E-state index contributed by atoms with van der Waals surface area (Å²) in [6.45, 7) is 2.98. The zero-order valence-electron chi connectivity index (χ0n) is 22.4. The van der Waals surface area contributed by atoms with Crippen LogP contribution >= 0.6 is 15.9 Å². The summed E-state index contributed by atoms with van der Waals surface area (Å²) < 4.78 is 38.6. The Morgan fingerprint density at radius 3 is 2.38 bits per heavy atom. The van der Waals surface area contributed by atoms with Gasteiger partial charge in [-0.1, -0.05) is 40.9 Å². The predicted octanol–water partition coefficient (Wildman–Crippen LogP) is 4.24. The number of rotatable bonds is 11. The largest absolute Gasteiger partial charge is 0.486 e. The normalized spacial score (nSPS) is 16.0. The predicted molar refractivity (Wildman–Crippen MR) is 153 cm³/mol. The van der Waals surface area contributed by atoms with Gasteiger partial charge in [-0.15, -0.1) is 0 Å². The number of benzene rings is 2. The van der Waals surface area contributed by atoms with Crippen LogP contribution < -0.4 is 19.1 Å². The number of sulfonamides is 1. The fourth-order valence-electron chi connectivity index (χ4n) is 4.95. The van der Waals surface area contributed by atoms with Crippen molar-refractivity contribution >= 4 is 43.5 Å². The minimum Gasteiger partial charge on any atom is -0.486 e. The summed E-state index contributed by atoms with van der Waals surface area (Å²) in [7, 11) is -3.62. The zero-order valence-corrected chi connectivity index (χ0v) is 24.8. The summed E-state index contributed by atoms with van der Waals surface area (Å²) in [5.74, 6) is 0.692. The number of carbonyl (C=O) groups excluding carboxylic acids is 2. The smallest absolute Gasteiger partial charge is 0.242 e. The molecule has 0 radical (unpaired) electrons. The minimum absolute atomic E-state index is 0.0914. The third-order valence-electron chi connectivity index (χ3n) is 7.10. The number of fused-ring (bicyclic) bond motifs is 1. The molecule has 1 aliphatic carbocycles. The average molecular weight is 623 g/mol. The molecule has 0 unspecified atom stereocenters. The van der Waals surface area contributed by atoms with E-state index in [0.717, 1.165) is 42.0 Å². The zero-order chi connectivity index (χ0) is 28.0. The number of halogens is 1. The summed E-state index contributed by atoms with van der Waals surface area (Å²) in [4.78, 5) is 28.2. The van der Waals surface area contributed by atoms with E-state index >= 15 is 0 Å². The van der Waals surface area contributed by atoms with Crippen LogP contribution in [0.5, 0.6) is 11.5 Å². The maximum Gasteiger partial charge on any atom is 0.242 e. The van der Waals surface area contributed by atoms with E-state index in [-0.39, 0.29) is 43.8 Å². The number of hydrogen-bond acceptors (Lipinski definition) is 6. The lowest BCUT2D eigenvalue weighted by atomic mass is 10.1. The van der Waals surface area contributed by atoms with Crippen LogP contribution in [0.25, 0.3) is 0 Å². The molecular formula is C28H36BrN3O6S. The summed E-state index contributed by atoms with van der Waals surface area (Å²) in [5, 5.41) is 3.10. The number of nitrogens with one attached hydrogen (secondary N) is 1. The van der Waals surface area contributed by atoms with Gasteiger partial charge in [-0.2, -0.15) is 0 Å². The van der Waals surface area contributed by atoms with Crippen LogP contribution in [-0.2, 0) is 26.2 Å². The van der Waals surface area contributed by atoms with Crippen molar-refractivity contribution in [2.75, 3.05) is 30.3 Å². The van der Waals surface area contributed by atoms with Crippen molar-refractivity contribution in [1.29, 1.82) is 0 Å². The van der Waals surface area contributed by atoms with Crippen LogP contribution in [0.1, 0.15) is 51.0 Å². The maximum atomic E-state index is 13.5. The van der Waals surface area contributed by atoms with Gasteiger partial charge >= 0.3 is 0 Å². The van der Waals surface area contributed by atoms with Crippen LogP contribution in [-0.4, -0.2) is 63.2 Å². The first-order chi connectivity index (χ1) is 18.6. The molecule has 1 aliphatic heterocycles. The van der Waals surface area contributed by atoms with E-state index in [0.29, 0.717) is 30.4 Å². The molecule has 0 bridgehead atoms. The molecule has 2 aromatic rings. The molecule has 39 heavy (non-hydrogen) atoms. The van der Waals surface area contributed by atoms with Crippen LogP contribution in [0.3, 0.4) is 0 Å². The Labute approximate surface area is 239 Å². The second kappa shape index (κ2) is 13.0. The van der Waals surface area contributed by atoms with E-state index in [4.69, 9.17) is 9.47 Å². The summed E-state index contributed by atoms with van der Waals surface area (Å²) in [6, 6.07) is 12.1. The first-order valence-corrected chi connectivity index (χ1v) is 16.0. The summed E-state index contributed by atoms with van der Waals surface area (Å²) >= 11 is 3.43. The van der Waals surface area contributed by atoms with Gasteiger partial charge in [0.15, 0.2) is 11.5 Å². The Morgan fingerprint density at radius 2 is 1.72 bits per heavy atom. The lowest BCUT2D eigenvalue weighted by molar-refractivity contribution is -0.141. The Bertz CT molecular complexity index is 1260.